The van der Waals surface area contributed by atoms with E-state index in [-0.39, 0.29) is 0 Å². The van der Waals surface area contributed by atoms with Crippen LogP contribution in [0, 0.1) is 83.1 Å². The van der Waals surface area contributed by atoms with Crippen molar-refractivity contribution in [3.8, 4) is 44.5 Å². The molecule has 13 aromatic rings. The van der Waals surface area contributed by atoms with Crippen LogP contribution in [0.5, 0.6) is 0 Å². The lowest BCUT2D eigenvalue weighted by molar-refractivity contribution is 1.28. The van der Waals surface area contributed by atoms with Crippen molar-refractivity contribution in [3.63, 3.8) is 0 Å². The molecule has 0 radical (unpaired) electrons. The smallest absolute Gasteiger partial charge is 0.0746 e. The fourth-order valence-corrected chi connectivity index (χ4v) is 23.7. The molecule has 0 saturated heterocycles. The summed E-state index contributed by atoms with van der Waals surface area (Å²) in [6, 6.07) is 42.0. The van der Waals surface area contributed by atoms with E-state index in [9.17, 15) is 0 Å². The molecule has 0 saturated carbocycles. The summed E-state index contributed by atoms with van der Waals surface area (Å²) in [5.41, 5.74) is 31.8. The Hall–Kier alpha value is -8.36. The number of hydrogen-bond donors (Lipinski definition) is 0. The molecule has 4 aromatic carbocycles. The average molecular weight is 1330 g/mol. The fraction of sp³-hybridized carbons (Fsp3) is 0.146. The van der Waals surface area contributed by atoms with Crippen LogP contribution in [-0.4, -0.2) is 19.9 Å². The van der Waals surface area contributed by atoms with Gasteiger partial charge in [-0.1, -0.05) is 70.8 Å². The molecule has 9 aromatic heterocycles. The van der Waals surface area contributed by atoms with Crippen LogP contribution in [0.2, 0.25) is 0 Å². The maximum atomic E-state index is 5.86. The minimum Gasteiger partial charge on any atom is -0.248 e. The maximum absolute atomic E-state index is 5.86. The lowest BCUT2D eigenvalue weighted by atomic mass is 9.93. The third kappa shape index (κ3) is 9.71. The monoisotopic (exact) mass is 1330 g/mol. The lowest BCUT2D eigenvalue weighted by Crippen LogP contribution is -1.93. The Balaban J connectivity index is 1.10. The molecule has 0 fully saturated rings. The number of fused-ring (bicyclic) bond motifs is 22. The topological polar surface area (TPSA) is 51.6 Å². The Morgan fingerprint density at radius 1 is 0.194 bits per heavy atom. The van der Waals surface area contributed by atoms with E-state index >= 15 is 0 Å². The average Bonchev–Trinajstić information content (AvgIpc) is 1.59. The van der Waals surface area contributed by atoms with Gasteiger partial charge in [0.2, 0.25) is 0 Å². The van der Waals surface area contributed by atoms with Crippen molar-refractivity contribution in [2.24, 2.45) is 0 Å². The quantitative estimate of drug-likeness (QED) is 0.176. The van der Waals surface area contributed by atoms with Crippen LogP contribution >= 0.6 is 79.4 Å². The molecule has 4 aliphatic rings. The zero-order chi connectivity index (χ0) is 63.6. The van der Waals surface area contributed by atoms with Crippen LogP contribution in [0.4, 0.5) is 0 Å². The second kappa shape index (κ2) is 22.1. The molecule has 452 valence electrons. The number of nitrogens with zero attached hydrogens (tertiary/aromatic N) is 4. The van der Waals surface area contributed by atoms with Crippen molar-refractivity contribution in [1.82, 2.24) is 19.9 Å². The van der Waals surface area contributed by atoms with E-state index in [0.717, 1.165) is 88.0 Å². The normalized spacial score (nSPS) is 12.8. The zero-order valence-electron chi connectivity index (χ0n) is 53.7. The summed E-state index contributed by atoms with van der Waals surface area (Å²) in [6.45, 7) is 26.9. The molecule has 0 atom stereocenters. The summed E-state index contributed by atoms with van der Waals surface area (Å²) in [6.07, 6.45) is 18.1. The second-order valence-electron chi connectivity index (χ2n) is 25.6. The van der Waals surface area contributed by atoms with E-state index in [4.69, 9.17) is 19.9 Å². The summed E-state index contributed by atoms with van der Waals surface area (Å²) in [5.74, 6) is 0. The third-order valence-corrected chi connectivity index (χ3v) is 27.1. The van der Waals surface area contributed by atoms with Gasteiger partial charge in [-0.25, -0.2) is 19.9 Å². The van der Waals surface area contributed by atoms with Gasteiger partial charge >= 0.3 is 0 Å². The Bertz CT molecular complexity index is 5320. The Morgan fingerprint density at radius 2 is 0.398 bits per heavy atom. The molecule has 0 spiro atoms. The first-order chi connectivity index (χ1) is 44.9. The lowest BCUT2D eigenvalue weighted by Gasteiger charge is -2.13. The molecular weight excluding hydrogens is 1270 g/mol. The minimum atomic E-state index is 0.905. The number of benzene rings is 4. The van der Waals surface area contributed by atoms with Crippen molar-refractivity contribution in [1.29, 1.82) is 0 Å². The highest BCUT2D eigenvalue weighted by Gasteiger charge is 2.25. The summed E-state index contributed by atoms with van der Waals surface area (Å²) >= 11 is 13.0. The largest absolute Gasteiger partial charge is 0.248 e. The van der Waals surface area contributed by atoms with Gasteiger partial charge < -0.3 is 0 Å². The molecule has 0 N–H and O–H groups in total. The Kier molecular flexibility index (Phi) is 13.9. The number of rotatable bonds is 4. The highest BCUT2D eigenvalue weighted by molar-refractivity contribution is 7.41. The Labute approximate surface area is 568 Å². The van der Waals surface area contributed by atoms with Crippen molar-refractivity contribution in [2.45, 2.75) is 83.1 Å². The maximum Gasteiger partial charge on any atom is 0.0746 e. The van der Waals surface area contributed by atoms with Gasteiger partial charge in [-0.2, -0.15) is 0 Å². The fourth-order valence-electron chi connectivity index (χ4n) is 15.1. The predicted molar refractivity (Wildman–Crippen MR) is 416 cm³/mol. The standard InChI is InChI=1S/C82H62N4S7/c1-39-29-43(5)71(44(6)30-39)77-55-17-13-51(83-55)75-52-14-18-56(84-52)79(73-47(9)33-41(3)34-48(73)10)65-27-23-61(89-65)62-24-28-66(90-62)80(74-49(11)35-42(4)36-50(74)12)58-20-16-54(86-58)76(68-38-70-82(93-68)81-69(91-70)37-67(75)92-81)53-15-19-57(85-53)78(72-45(7)31-40(2)32-46(72)8)64-26-22-60(88-64)59-21-25-63(77)87-59/h13-38H,1-12H3. The summed E-state index contributed by atoms with van der Waals surface area (Å²) in [5, 5.41) is 2.07. The summed E-state index contributed by atoms with van der Waals surface area (Å²) in [7, 11) is 0. The van der Waals surface area contributed by atoms with E-state index < -0.39 is 0 Å². The van der Waals surface area contributed by atoms with Crippen LogP contribution in [0.25, 0.3) is 170 Å². The molecule has 4 aliphatic heterocycles. The molecule has 93 heavy (non-hydrogen) atoms. The molecule has 11 heteroatoms. The minimum absolute atomic E-state index is 0.905. The highest BCUT2D eigenvalue weighted by atomic mass is 32.1. The van der Waals surface area contributed by atoms with Gasteiger partial charge in [0.1, 0.15) is 0 Å². The number of hydrogen-bond acceptors (Lipinski definition) is 11. The van der Waals surface area contributed by atoms with E-state index in [2.05, 4.69) is 241 Å². The second-order valence-corrected chi connectivity index (χ2v) is 33.1. The van der Waals surface area contributed by atoms with Crippen molar-refractivity contribution < 1.29 is 0 Å². The van der Waals surface area contributed by atoms with Crippen LogP contribution in [0.1, 0.15) is 112 Å². The van der Waals surface area contributed by atoms with E-state index in [1.54, 1.807) is 0 Å². The summed E-state index contributed by atoms with van der Waals surface area (Å²) in [4.78, 5) is 23.4. The van der Waals surface area contributed by atoms with Gasteiger partial charge in [0.15, 0.2) is 0 Å². The van der Waals surface area contributed by atoms with Gasteiger partial charge in [-0.15, -0.1) is 79.4 Å². The number of thiophene rings is 7. The number of aromatic nitrogens is 4. The Morgan fingerprint density at radius 3 is 0.634 bits per heavy atom. The van der Waals surface area contributed by atoms with E-state index in [1.807, 2.05) is 79.4 Å². The van der Waals surface area contributed by atoms with Crippen molar-refractivity contribution >= 4 is 205 Å². The third-order valence-electron chi connectivity index (χ3n) is 18.5. The zero-order valence-corrected chi connectivity index (χ0v) is 59.4. The molecule has 22 bridgehead atoms. The van der Waals surface area contributed by atoms with Gasteiger partial charge in [0.05, 0.1) is 55.0 Å². The van der Waals surface area contributed by atoms with Gasteiger partial charge in [0.25, 0.3) is 0 Å². The number of aryl methyl sites for hydroxylation is 12. The molecule has 0 amide bonds. The van der Waals surface area contributed by atoms with Crippen LogP contribution in [0.3, 0.4) is 0 Å². The first kappa shape index (κ1) is 58.5. The molecule has 4 nitrogen and oxygen atoms in total. The highest BCUT2D eigenvalue weighted by Crippen LogP contribution is 2.50. The molecule has 0 aliphatic carbocycles. The SMILES string of the molecule is Cc1cc(C)c(-c2c3nc(c4c5nc(c(-c6c(C)cc(C)cc6C)c6ccc(s6)c6ccc(s6)c(-c6c(C)cc(C)cc6C)c6nc(c(c7nc(c(-c8c(C)cc(C)cc8C)c8ccc(s8)c8ccc2s8)C=C7)c2cc7sc8cc4sc8c7s2)C=C6)C=C5)C=C3)c(C)c1. The van der Waals surface area contributed by atoms with Crippen molar-refractivity contribution in [3.05, 3.63) is 222 Å². The predicted octanol–water partition coefficient (Wildman–Crippen LogP) is 26.3. The van der Waals surface area contributed by atoms with Gasteiger partial charge in [0, 0.05) is 89.4 Å². The van der Waals surface area contributed by atoms with Crippen molar-refractivity contribution in [2.75, 3.05) is 0 Å². The summed E-state index contributed by atoms with van der Waals surface area (Å²) < 4.78 is 16.9. The molecular formula is C82H62N4S7. The first-order valence-electron chi connectivity index (χ1n) is 31.5. The van der Waals surface area contributed by atoms with Gasteiger partial charge in [-0.05, 0) is 259 Å². The molecule has 0 unspecified atom stereocenters. The molecule has 17 rings (SSSR count). The van der Waals surface area contributed by atoms with E-state index in [0.29, 0.717) is 0 Å². The van der Waals surface area contributed by atoms with Crippen LogP contribution in [0.15, 0.2) is 109 Å². The van der Waals surface area contributed by atoms with Gasteiger partial charge in [-0.3, -0.25) is 0 Å². The van der Waals surface area contributed by atoms with E-state index in [1.165, 1.54) is 145 Å². The molecule has 13 heterocycles. The van der Waals surface area contributed by atoms with Crippen LogP contribution < -0.4 is 0 Å². The van der Waals surface area contributed by atoms with Crippen LogP contribution in [-0.2, 0) is 0 Å². The first-order valence-corrected chi connectivity index (χ1v) is 37.2.